The number of amides is 1. The molecule has 0 unspecified atom stereocenters. The molecule has 35 heavy (non-hydrogen) atoms. The number of rotatable bonds is 5. The van der Waals surface area contributed by atoms with Crippen LogP contribution in [0.4, 0.5) is 11.4 Å². The lowest BCUT2D eigenvalue weighted by Gasteiger charge is -2.34. The zero-order valence-corrected chi connectivity index (χ0v) is 22.4. The Labute approximate surface area is 210 Å². The minimum absolute atomic E-state index is 0.0341. The van der Waals surface area contributed by atoms with Crippen molar-refractivity contribution in [3.8, 4) is 0 Å². The highest BCUT2D eigenvalue weighted by atomic mass is 32.2. The van der Waals surface area contributed by atoms with Crippen LogP contribution in [0.2, 0.25) is 0 Å². The lowest BCUT2D eigenvalue weighted by atomic mass is 9.97. The molecule has 2 heterocycles. The van der Waals surface area contributed by atoms with Crippen molar-refractivity contribution in [2.24, 2.45) is 5.92 Å². The number of benzene rings is 2. The molecular weight excluding hydrogens is 460 g/mol. The Hall–Kier alpha value is -2.42. The van der Waals surface area contributed by atoms with Crippen molar-refractivity contribution in [3.05, 3.63) is 52.6 Å². The van der Waals surface area contributed by atoms with Gasteiger partial charge >= 0.3 is 0 Å². The van der Waals surface area contributed by atoms with Crippen molar-refractivity contribution in [2.45, 2.75) is 45.4 Å². The minimum Gasteiger partial charge on any atom is -0.369 e. The number of hydrogen-bond acceptors (Lipinski definition) is 5. The summed E-state index contributed by atoms with van der Waals surface area (Å²) in [5.74, 6) is -0.228. The van der Waals surface area contributed by atoms with Crippen LogP contribution in [0.25, 0.3) is 0 Å². The maximum absolute atomic E-state index is 13.5. The van der Waals surface area contributed by atoms with Crippen LogP contribution in [-0.2, 0) is 14.8 Å². The number of sulfonamides is 1. The van der Waals surface area contributed by atoms with E-state index >= 15 is 0 Å². The molecule has 7 nitrogen and oxygen atoms in total. The summed E-state index contributed by atoms with van der Waals surface area (Å²) in [6, 6.07) is 10.1. The lowest BCUT2D eigenvalue weighted by Crippen LogP contribution is -2.44. The van der Waals surface area contributed by atoms with Crippen LogP contribution in [0, 0.1) is 33.6 Å². The normalized spacial score (nSPS) is 18.6. The maximum Gasteiger partial charge on any atom is 0.243 e. The van der Waals surface area contributed by atoms with Crippen LogP contribution in [-0.4, -0.2) is 69.8 Å². The second-order valence-electron chi connectivity index (χ2n) is 10.1. The summed E-state index contributed by atoms with van der Waals surface area (Å²) in [4.78, 5) is 18.0. The molecule has 2 aromatic rings. The summed E-state index contributed by atoms with van der Waals surface area (Å²) in [7, 11) is -1.46. The molecule has 0 aromatic heterocycles. The van der Waals surface area contributed by atoms with E-state index in [0.29, 0.717) is 30.8 Å². The Kier molecular flexibility index (Phi) is 7.54. The third kappa shape index (κ3) is 5.39. The highest BCUT2D eigenvalue weighted by Gasteiger charge is 2.34. The fourth-order valence-corrected chi connectivity index (χ4v) is 7.17. The third-order valence-electron chi connectivity index (χ3n) is 7.72. The molecule has 4 rings (SSSR count). The Morgan fingerprint density at radius 3 is 1.94 bits per heavy atom. The van der Waals surface area contributed by atoms with Crippen LogP contribution in [0.1, 0.15) is 35.1 Å². The summed E-state index contributed by atoms with van der Waals surface area (Å²) in [5, 5.41) is 3.03. The molecule has 0 radical (unpaired) electrons. The number of carbonyl (C=O) groups is 1. The van der Waals surface area contributed by atoms with E-state index in [1.807, 2.05) is 45.9 Å². The maximum atomic E-state index is 13.5. The molecule has 1 amide bonds. The monoisotopic (exact) mass is 498 g/mol. The number of carbonyl (C=O) groups excluding carboxylic acids is 1. The van der Waals surface area contributed by atoms with Gasteiger partial charge in [-0.1, -0.05) is 6.07 Å². The molecule has 2 aliphatic heterocycles. The topological polar surface area (TPSA) is 73.0 Å². The molecule has 0 aliphatic carbocycles. The molecular formula is C27H38N4O3S. The summed E-state index contributed by atoms with van der Waals surface area (Å²) >= 11 is 0. The van der Waals surface area contributed by atoms with E-state index in [1.54, 1.807) is 4.31 Å². The molecule has 0 spiro atoms. The first kappa shape index (κ1) is 25.7. The van der Waals surface area contributed by atoms with Crippen molar-refractivity contribution in [1.29, 1.82) is 0 Å². The van der Waals surface area contributed by atoms with Gasteiger partial charge in [-0.05, 0) is 94.1 Å². The van der Waals surface area contributed by atoms with Crippen LogP contribution in [0.15, 0.2) is 35.2 Å². The lowest BCUT2D eigenvalue weighted by molar-refractivity contribution is -0.120. The quantitative estimate of drug-likeness (QED) is 0.680. The van der Waals surface area contributed by atoms with Crippen molar-refractivity contribution in [1.82, 2.24) is 9.21 Å². The number of nitrogens with zero attached hydrogens (tertiary/aromatic N) is 3. The van der Waals surface area contributed by atoms with E-state index in [4.69, 9.17) is 0 Å². The van der Waals surface area contributed by atoms with Crippen LogP contribution >= 0.6 is 0 Å². The van der Waals surface area contributed by atoms with Crippen molar-refractivity contribution >= 4 is 27.3 Å². The van der Waals surface area contributed by atoms with Gasteiger partial charge in [0.25, 0.3) is 0 Å². The zero-order chi connectivity index (χ0) is 25.3. The summed E-state index contributed by atoms with van der Waals surface area (Å²) in [6.07, 6.45) is 1.04. The average Bonchev–Trinajstić information content (AvgIpc) is 2.84. The number of nitrogens with one attached hydrogen (secondary N) is 1. The van der Waals surface area contributed by atoms with E-state index in [9.17, 15) is 13.2 Å². The van der Waals surface area contributed by atoms with E-state index in [-0.39, 0.29) is 11.8 Å². The fraction of sp³-hybridized carbons (Fsp3) is 0.519. The fourth-order valence-electron chi connectivity index (χ4n) is 5.12. The van der Waals surface area contributed by atoms with Gasteiger partial charge in [0.2, 0.25) is 15.9 Å². The molecule has 1 N–H and O–H groups in total. The highest BCUT2D eigenvalue weighted by Crippen LogP contribution is 2.31. The van der Waals surface area contributed by atoms with Crippen LogP contribution in [0.5, 0.6) is 0 Å². The largest absolute Gasteiger partial charge is 0.369 e. The van der Waals surface area contributed by atoms with Crippen LogP contribution < -0.4 is 10.2 Å². The van der Waals surface area contributed by atoms with Crippen molar-refractivity contribution in [2.75, 3.05) is 56.5 Å². The highest BCUT2D eigenvalue weighted by molar-refractivity contribution is 7.89. The van der Waals surface area contributed by atoms with Gasteiger partial charge in [0.05, 0.1) is 4.90 Å². The zero-order valence-electron chi connectivity index (χ0n) is 21.6. The van der Waals surface area contributed by atoms with E-state index < -0.39 is 10.0 Å². The number of likely N-dealkylation sites (N-methyl/N-ethyl adjacent to an activating group) is 1. The van der Waals surface area contributed by atoms with E-state index in [1.165, 1.54) is 5.69 Å². The second-order valence-corrected chi connectivity index (χ2v) is 12.0. The Morgan fingerprint density at radius 2 is 1.40 bits per heavy atom. The smallest absolute Gasteiger partial charge is 0.243 e. The Morgan fingerprint density at radius 1 is 0.857 bits per heavy atom. The SMILES string of the molecule is Cc1cc(C)c(C)c(S(=O)(=O)N2CCC(C(=O)Nc3ccc(N4CCN(C)CC4)cc3)CC2)c1C. The number of anilines is 2. The summed E-state index contributed by atoms with van der Waals surface area (Å²) in [6.45, 7) is 12.5. The van der Waals surface area contributed by atoms with Gasteiger partial charge in [-0.3, -0.25) is 4.79 Å². The van der Waals surface area contributed by atoms with Gasteiger partial charge < -0.3 is 15.1 Å². The van der Waals surface area contributed by atoms with E-state index in [2.05, 4.69) is 34.3 Å². The molecule has 2 aliphatic rings. The standard InChI is InChI=1S/C27H38N4O3S/c1-19-18-20(2)22(4)26(21(19)3)35(33,34)31-12-10-23(11-13-31)27(32)28-24-6-8-25(9-7-24)30-16-14-29(5)15-17-30/h6-9,18,23H,10-17H2,1-5H3,(H,28,32). The van der Waals surface area contributed by atoms with E-state index in [0.717, 1.165) is 54.1 Å². The number of aryl methyl sites for hydroxylation is 2. The Balaban J connectivity index is 1.36. The number of piperidine rings is 1. The molecule has 2 fully saturated rings. The Bertz CT molecular complexity index is 1150. The molecule has 190 valence electrons. The van der Waals surface area contributed by atoms with Gasteiger partial charge in [-0.15, -0.1) is 0 Å². The van der Waals surface area contributed by atoms with Crippen molar-refractivity contribution in [3.63, 3.8) is 0 Å². The third-order valence-corrected chi connectivity index (χ3v) is 9.90. The predicted molar refractivity (Wildman–Crippen MR) is 142 cm³/mol. The molecule has 8 heteroatoms. The minimum atomic E-state index is -3.60. The predicted octanol–water partition coefficient (Wildman–Crippen LogP) is 3.71. The van der Waals surface area contributed by atoms with Gasteiger partial charge in [0, 0.05) is 56.6 Å². The van der Waals surface area contributed by atoms with Gasteiger partial charge in [0.15, 0.2) is 0 Å². The van der Waals surface area contributed by atoms with Gasteiger partial charge in [-0.25, -0.2) is 8.42 Å². The number of hydrogen-bond donors (Lipinski definition) is 1. The molecule has 0 saturated carbocycles. The molecule has 2 saturated heterocycles. The molecule has 2 aromatic carbocycles. The van der Waals surface area contributed by atoms with Crippen molar-refractivity contribution < 1.29 is 13.2 Å². The van der Waals surface area contributed by atoms with Gasteiger partial charge in [-0.2, -0.15) is 4.31 Å². The van der Waals surface area contributed by atoms with Gasteiger partial charge in [0.1, 0.15) is 0 Å². The molecule has 0 bridgehead atoms. The molecule has 0 atom stereocenters. The average molecular weight is 499 g/mol. The first-order chi connectivity index (χ1) is 16.6. The summed E-state index contributed by atoms with van der Waals surface area (Å²) < 4.78 is 28.6. The first-order valence-electron chi connectivity index (χ1n) is 12.5. The first-order valence-corrected chi connectivity index (χ1v) is 13.9. The summed E-state index contributed by atoms with van der Waals surface area (Å²) in [5.41, 5.74) is 5.55. The second kappa shape index (κ2) is 10.3. The number of piperazine rings is 1. The van der Waals surface area contributed by atoms with Crippen LogP contribution in [0.3, 0.4) is 0 Å².